The highest BCUT2D eigenvalue weighted by atomic mass is 35.5. The van der Waals surface area contributed by atoms with Gasteiger partial charge in [-0.15, -0.1) is 0 Å². The van der Waals surface area contributed by atoms with E-state index in [1.807, 2.05) is 12.1 Å². The smallest absolute Gasteiger partial charge is 0.322 e. The van der Waals surface area contributed by atoms with Gasteiger partial charge in [-0.3, -0.25) is 9.59 Å². The number of anilines is 1. The number of aromatic nitrogens is 1. The van der Waals surface area contributed by atoms with E-state index in [2.05, 4.69) is 15.6 Å². The molecule has 0 unspecified atom stereocenters. The summed E-state index contributed by atoms with van der Waals surface area (Å²) >= 11 is 5.81. The van der Waals surface area contributed by atoms with E-state index in [1.165, 1.54) is 24.1 Å². The Balaban J connectivity index is 1.95. The molecular weight excluding hydrogens is 423 g/mol. The summed E-state index contributed by atoms with van der Waals surface area (Å²) in [6, 6.07) is 9.99. The highest BCUT2D eigenvalue weighted by molar-refractivity contribution is 6.31. The van der Waals surface area contributed by atoms with E-state index < -0.39 is 17.9 Å². The van der Waals surface area contributed by atoms with Crippen LogP contribution in [0.5, 0.6) is 0 Å². The van der Waals surface area contributed by atoms with Crippen LogP contribution in [0.3, 0.4) is 0 Å². The lowest BCUT2D eigenvalue weighted by molar-refractivity contribution is -0.120. The molecule has 3 amide bonds. The fraction of sp³-hybridized carbons (Fsp3) is 0.227. The molecule has 0 fully saturated rings. The lowest BCUT2D eigenvalue weighted by Crippen LogP contribution is -2.39. The van der Waals surface area contributed by atoms with E-state index in [0.717, 1.165) is 11.6 Å². The second kappa shape index (κ2) is 9.61. The number of nitrogens with one attached hydrogen (secondary N) is 3. The van der Waals surface area contributed by atoms with Crippen molar-refractivity contribution in [2.75, 3.05) is 18.9 Å². The van der Waals surface area contributed by atoms with Gasteiger partial charge in [0.2, 0.25) is 5.91 Å². The Morgan fingerprint density at radius 2 is 1.90 bits per heavy atom. The Labute approximate surface area is 183 Å². The Kier molecular flexibility index (Phi) is 6.91. The van der Waals surface area contributed by atoms with E-state index in [4.69, 9.17) is 11.6 Å². The number of fused-ring (bicyclic) bond motifs is 1. The summed E-state index contributed by atoms with van der Waals surface area (Å²) in [5, 5.41) is 6.33. The number of carbonyl (C=O) groups is 2. The summed E-state index contributed by atoms with van der Waals surface area (Å²) in [6.07, 6.45) is 1.66. The van der Waals surface area contributed by atoms with Gasteiger partial charge < -0.3 is 20.5 Å². The lowest BCUT2D eigenvalue weighted by atomic mass is 10.0. The fourth-order valence-electron chi connectivity index (χ4n) is 3.33. The first kappa shape index (κ1) is 22.3. The predicted octanol–water partition coefficient (Wildman–Crippen LogP) is 4.05. The molecule has 1 aromatic heterocycles. The van der Waals surface area contributed by atoms with Crippen LogP contribution in [-0.4, -0.2) is 35.4 Å². The number of hydrogen-bond donors (Lipinski definition) is 3. The van der Waals surface area contributed by atoms with Gasteiger partial charge in [-0.1, -0.05) is 29.8 Å². The normalized spacial score (nSPS) is 11.7. The molecule has 0 saturated heterocycles. The van der Waals surface area contributed by atoms with Crippen molar-refractivity contribution in [2.45, 2.75) is 19.4 Å². The van der Waals surface area contributed by atoms with E-state index in [9.17, 15) is 18.8 Å². The zero-order valence-corrected chi connectivity index (χ0v) is 17.8. The van der Waals surface area contributed by atoms with Crippen LogP contribution in [0.2, 0.25) is 5.02 Å². The van der Waals surface area contributed by atoms with Crippen molar-refractivity contribution in [3.05, 3.63) is 75.4 Å². The molecule has 0 radical (unpaired) electrons. The number of nitrogens with zero attached hydrogens (tertiary/aromatic N) is 1. The van der Waals surface area contributed by atoms with Gasteiger partial charge in [0.25, 0.3) is 5.56 Å². The third kappa shape index (κ3) is 5.03. The monoisotopic (exact) mass is 444 g/mol. The molecule has 0 aliphatic heterocycles. The van der Waals surface area contributed by atoms with Gasteiger partial charge in [-0.2, -0.15) is 0 Å². The number of hydrogen-bond acceptors (Lipinski definition) is 3. The molecule has 1 heterocycles. The topological polar surface area (TPSA) is 94.3 Å². The highest BCUT2D eigenvalue weighted by Crippen LogP contribution is 2.27. The van der Waals surface area contributed by atoms with Gasteiger partial charge in [0, 0.05) is 37.3 Å². The van der Waals surface area contributed by atoms with Crippen molar-refractivity contribution in [1.29, 1.82) is 0 Å². The maximum atomic E-state index is 13.4. The Morgan fingerprint density at radius 1 is 1.19 bits per heavy atom. The minimum atomic E-state index is -0.593. The van der Waals surface area contributed by atoms with Gasteiger partial charge in [-0.25, -0.2) is 9.18 Å². The molecule has 31 heavy (non-hydrogen) atoms. The number of pyridine rings is 1. The molecule has 3 rings (SSSR count). The molecule has 0 aliphatic rings. The van der Waals surface area contributed by atoms with Crippen LogP contribution in [0.4, 0.5) is 14.9 Å². The third-order valence-electron chi connectivity index (χ3n) is 5.05. The molecule has 2 aromatic carbocycles. The highest BCUT2D eigenvalue weighted by Gasteiger charge is 2.24. The molecule has 7 nitrogen and oxygen atoms in total. The van der Waals surface area contributed by atoms with Crippen molar-refractivity contribution >= 4 is 40.0 Å². The van der Waals surface area contributed by atoms with Gasteiger partial charge >= 0.3 is 6.03 Å². The van der Waals surface area contributed by atoms with E-state index >= 15 is 0 Å². The molecule has 9 heteroatoms. The van der Waals surface area contributed by atoms with Crippen LogP contribution in [0.25, 0.3) is 10.8 Å². The summed E-state index contributed by atoms with van der Waals surface area (Å²) in [6.45, 7) is 1.93. The van der Waals surface area contributed by atoms with Crippen molar-refractivity contribution < 1.29 is 14.0 Å². The van der Waals surface area contributed by atoms with Crippen molar-refractivity contribution in [3.63, 3.8) is 0 Å². The molecule has 0 bridgehead atoms. The van der Waals surface area contributed by atoms with Crippen molar-refractivity contribution in [2.24, 2.45) is 0 Å². The zero-order chi connectivity index (χ0) is 22.5. The quantitative estimate of drug-likeness (QED) is 0.535. The van der Waals surface area contributed by atoms with Crippen LogP contribution in [0.1, 0.15) is 24.9 Å². The molecular formula is C22H22ClFN4O3. The van der Waals surface area contributed by atoms with E-state index in [1.54, 1.807) is 25.3 Å². The first-order valence-corrected chi connectivity index (χ1v) is 10.0. The average molecular weight is 445 g/mol. The number of carbonyl (C=O) groups excluding carboxylic acids is 2. The number of benzene rings is 2. The number of urea groups is 1. The summed E-state index contributed by atoms with van der Waals surface area (Å²) in [5.74, 6) is -0.814. The molecule has 3 aromatic rings. The number of aromatic amines is 1. The predicted molar refractivity (Wildman–Crippen MR) is 119 cm³/mol. The van der Waals surface area contributed by atoms with Crippen LogP contribution in [-0.2, 0) is 4.79 Å². The number of halogens is 2. The minimum Gasteiger partial charge on any atom is -0.359 e. The maximum Gasteiger partial charge on any atom is 0.322 e. The van der Waals surface area contributed by atoms with E-state index in [-0.39, 0.29) is 29.5 Å². The SMILES string of the molecule is CNC(=O)CCN(C(=O)Nc1ccc(F)c(Cl)c1)[C@@H](C)c1c[nH]c(=O)c2ccccc12. The molecule has 1 atom stereocenters. The molecule has 0 aliphatic carbocycles. The van der Waals surface area contributed by atoms with Crippen LogP contribution in [0.15, 0.2) is 53.5 Å². The first-order chi connectivity index (χ1) is 14.8. The molecule has 162 valence electrons. The van der Waals surface area contributed by atoms with Gasteiger partial charge in [0.05, 0.1) is 11.1 Å². The second-order valence-corrected chi connectivity index (χ2v) is 7.38. The lowest BCUT2D eigenvalue weighted by Gasteiger charge is -2.30. The van der Waals surface area contributed by atoms with Gasteiger partial charge in [0.15, 0.2) is 0 Å². The summed E-state index contributed by atoms with van der Waals surface area (Å²) in [7, 11) is 1.52. The zero-order valence-electron chi connectivity index (χ0n) is 17.0. The molecule has 3 N–H and O–H groups in total. The molecule has 0 spiro atoms. The van der Waals surface area contributed by atoms with Crippen molar-refractivity contribution in [1.82, 2.24) is 15.2 Å². The number of H-pyrrole nitrogens is 1. The summed E-state index contributed by atoms with van der Waals surface area (Å²) in [5.41, 5.74) is 0.813. The van der Waals surface area contributed by atoms with Gasteiger partial charge in [0.1, 0.15) is 5.82 Å². The standard InChI is InChI=1S/C22H22ClFN4O3/c1-13(17-12-26-21(30)16-6-4-3-5-15(16)17)28(10-9-20(29)25-2)22(31)27-14-7-8-19(24)18(23)11-14/h3-8,11-13H,9-10H2,1-2H3,(H,25,29)(H,26,30)(H,27,31)/t13-/m0/s1. The van der Waals surface area contributed by atoms with Crippen LogP contribution in [0, 0.1) is 5.82 Å². The Morgan fingerprint density at radius 3 is 2.58 bits per heavy atom. The van der Waals surface area contributed by atoms with Crippen LogP contribution < -0.4 is 16.2 Å². The number of rotatable bonds is 6. The van der Waals surface area contributed by atoms with Gasteiger partial charge in [-0.05, 0) is 42.1 Å². The minimum absolute atomic E-state index is 0.0831. The summed E-state index contributed by atoms with van der Waals surface area (Å²) in [4.78, 5) is 41.3. The number of amides is 3. The maximum absolute atomic E-state index is 13.4. The fourth-order valence-corrected chi connectivity index (χ4v) is 3.51. The molecule has 0 saturated carbocycles. The van der Waals surface area contributed by atoms with E-state index in [0.29, 0.717) is 16.5 Å². The Hall–Kier alpha value is -3.39. The third-order valence-corrected chi connectivity index (χ3v) is 5.34. The summed E-state index contributed by atoms with van der Waals surface area (Å²) < 4.78 is 13.4. The second-order valence-electron chi connectivity index (χ2n) is 6.97. The van der Waals surface area contributed by atoms with Crippen LogP contribution >= 0.6 is 11.6 Å². The Bertz CT molecular complexity index is 1180. The first-order valence-electron chi connectivity index (χ1n) is 9.65. The van der Waals surface area contributed by atoms with Crippen molar-refractivity contribution in [3.8, 4) is 0 Å². The largest absolute Gasteiger partial charge is 0.359 e. The average Bonchev–Trinajstić information content (AvgIpc) is 2.76.